The van der Waals surface area contributed by atoms with Crippen molar-refractivity contribution in [1.82, 2.24) is 9.88 Å². The summed E-state index contributed by atoms with van der Waals surface area (Å²) in [5.41, 5.74) is 3.62. The van der Waals surface area contributed by atoms with Crippen LogP contribution < -0.4 is 9.47 Å². The summed E-state index contributed by atoms with van der Waals surface area (Å²) < 4.78 is 12.1. The molecule has 218 valence electrons. The standard InChI is InChI=1S/C37H30N2O5/c1-25-20-29(17-18-32(25)43-24-26-10-4-2-5-11-26)35(40)33-34(39(37(42)36(33)41)23-27-12-9-19-38-22-27)28-13-8-16-31(21-28)44-30-14-6-3-7-15-30/h2-22,34,40H,23-24H2,1H3/t34-/m1/s1. The van der Waals surface area contributed by atoms with Crippen LogP contribution in [-0.4, -0.2) is 26.7 Å². The van der Waals surface area contributed by atoms with Crippen LogP contribution >= 0.6 is 0 Å². The second kappa shape index (κ2) is 12.7. The van der Waals surface area contributed by atoms with Crippen LogP contribution in [0.5, 0.6) is 17.2 Å². The van der Waals surface area contributed by atoms with Gasteiger partial charge in [-0.2, -0.15) is 0 Å². The Bertz CT molecular complexity index is 1820. The minimum absolute atomic E-state index is 0.00750. The summed E-state index contributed by atoms with van der Waals surface area (Å²) in [5, 5.41) is 11.6. The van der Waals surface area contributed by atoms with Crippen molar-refractivity contribution in [1.29, 1.82) is 0 Å². The zero-order valence-corrected chi connectivity index (χ0v) is 24.1. The number of pyridine rings is 1. The van der Waals surface area contributed by atoms with Gasteiger partial charge in [-0.1, -0.05) is 66.7 Å². The van der Waals surface area contributed by atoms with Crippen molar-refractivity contribution in [3.05, 3.63) is 161 Å². The van der Waals surface area contributed by atoms with E-state index in [1.807, 2.05) is 79.7 Å². The lowest BCUT2D eigenvalue weighted by Crippen LogP contribution is -2.29. The van der Waals surface area contributed by atoms with Crippen molar-refractivity contribution in [3.63, 3.8) is 0 Å². The topological polar surface area (TPSA) is 89.0 Å². The Labute approximate surface area is 255 Å². The molecule has 1 atom stereocenters. The predicted octanol–water partition coefficient (Wildman–Crippen LogP) is 7.38. The molecule has 6 rings (SSSR count). The molecule has 1 amide bonds. The van der Waals surface area contributed by atoms with Crippen LogP contribution in [-0.2, 0) is 22.7 Å². The largest absolute Gasteiger partial charge is 0.507 e. The summed E-state index contributed by atoms with van der Waals surface area (Å²) in [6.07, 6.45) is 3.30. The first kappa shape index (κ1) is 28.4. The van der Waals surface area contributed by atoms with Gasteiger partial charge in [0, 0.05) is 24.5 Å². The van der Waals surface area contributed by atoms with E-state index in [1.54, 1.807) is 54.9 Å². The molecule has 0 spiro atoms. The fraction of sp³-hybridized carbons (Fsp3) is 0.108. The minimum atomic E-state index is -0.858. The predicted molar refractivity (Wildman–Crippen MR) is 167 cm³/mol. The van der Waals surface area contributed by atoms with E-state index in [2.05, 4.69) is 4.98 Å². The third-order valence-corrected chi connectivity index (χ3v) is 7.45. The highest BCUT2D eigenvalue weighted by atomic mass is 16.5. The molecule has 1 saturated heterocycles. The van der Waals surface area contributed by atoms with Gasteiger partial charge in [0.2, 0.25) is 0 Å². The van der Waals surface area contributed by atoms with Crippen molar-refractivity contribution in [2.45, 2.75) is 26.1 Å². The quantitative estimate of drug-likeness (QED) is 0.111. The van der Waals surface area contributed by atoms with Gasteiger partial charge >= 0.3 is 0 Å². The van der Waals surface area contributed by atoms with Gasteiger partial charge in [0.05, 0.1) is 11.6 Å². The summed E-state index contributed by atoms with van der Waals surface area (Å²) in [7, 11) is 0. The summed E-state index contributed by atoms with van der Waals surface area (Å²) in [5.74, 6) is 0.136. The molecule has 0 saturated carbocycles. The van der Waals surface area contributed by atoms with Crippen LogP contribution in [0.25, 0.3) is 5.76 Å². The van der Waals surface area contributed by atoms with Gasteiger partial charge < -0.3 is 19.5 Å². The molecule has 1 aliphatic rings. The number of rotatable bonds is 9. The number of aliphatic hydroxyl groups excluding tert-OH is 1. The van der Waals surface area contributed by atoms with Crippen molar-refractivity contribution in [2.24, 2.45) is 0 Å². The molecule has 1 aromatic heterocycles. The van der Waals surface area contributed by atoms with Crippen LogP contribution in [0.3, 0.4) is 0 Å². The van der Waals surface area contributed by atoms with Gasteiger partial charge in [0.1, 0.15) is 29.6 Å². The number of ketones is 1. The molecule has 0 bridgehead atoms. The zero-order valence-electron chi connectivity index (χ0n) is 24.1. The van der Waals surface area contributed by atoms with Crippen LogP contribution in [0.15, 0.2) is 133 Å². The van der Waals surface area contributed by atoms with Gasteiger partial charge in [-0.25, -0.2) is 0 Å². The number of carbonyl (C=O) groups is 2. The lowest BCUT2D eigenvalue weighted by atomic mass is 9.94. The molecule has 5 aromatic rings. The Morgan fingerprint density at radius 3 is 2.27 bits per heavy atom. The lowest BCUT2D eigenvalue weighted by molar-refractivity contribution is -0.140. The summed E-state index contributed by atoms with van der Waals surface area (Å²) in [6, 6.07) is 34.4. The van der Waals surface area contributed by atoms with E-state index in [4.69, 9.17) is 9.47 Å². The molecule has 0 radical (unpaired) electrons. The van der Waals surface area contributed by atoms with E-state index < -0.39 is 17.7 Å². The van der Waals surface area contributed by atoms with E-state index in [0.29, 0.717) is 35.0 Å². The highest BCUT2D eigenvalue weighted by Crippen LogP contribution is 2.42. The molecule has 4 aromatic carbocycles. The van der Waals surface area contributed by atoms with E-state index in [0.717, 1.165) is 16.7 Å². The molecule has 44 heavy (non-hydrogen) atoms. The Balaban J connectivity index is 1.38. The third-order valence-electron chi connectivity index (χ3n) is 7.45. The number of aryl methyl sites for hydroxylation is 1. The number of Topliss-reactive ketones (excluding diaryl/α,β-unsaturated/α-hetero) is 1. The fourth-order valence-corrected chi connectivity index (χ4v) is 5.30. The maximum atomic E-state index is 13.6. The summed E-state index contributed by atoms with van der Waals surface area (Å²) in [4.78, 5) is 32.8. The van der Waals surface area contributed by atoms with Gasteiger partial charge in [-0.3, -0.25) is 14.6 Å². The van der Waals surface area contributed by atoms with Crippen molar-refractivity contribution >= 4 is 17.4 Å². The first-order chi connectivity index (χ1) is 21.5. The van der Waals surface area contributed by atoms with Crippen molar-refractivity contribution in [3.8, 4) is 17.2 Å². The molecule has 7 heteroatoms. The van der Waals surface area contributed by atoms with Crippen LogP contribution in [0, 0.1) is 6.92 Å². The van der Waals surface area contributed by atoms with Crippen LogP contribution in [0.4, 0.5) is 0 Å². The first-order valence-electron chi connectivity index (χ1n) is 14.3. The van der Waals surface area contributed by atoms with E-state index in [1.165, 1.54) is 4.90 Å². The van der Waals surface area contributed by atoms with Gasteiger partial charge in [0.25, 0.3) is 11.7 Å². The number of carbonyl (C=O) groups excluding carboxylic acids is 2. The number of benzene rings is 4. The second-order valence-electron chi connectivity index (χ2n) is 10.5. The number of para-hydroxylation sites is 1. The number of likely N-dealkylation sites (tertiary alicyclic amines) is 1. The number of nitrogens with zero attached hydrogens (tertiary/aromatic N) is 2. The van der Waals surface area contributed by atoms with E-state index in [9.17, 15) is 14.7 Å². The zero-order chi connectivity index (χ0) is 30.5. The molecule has 1 fully saturated rings. The maximum Gasteiger partial charge on any atom is 0.295 e. The van der Waals surface area contributed by atoms with Gasteiger partial charge in [-0.05, 0) is 77.7 Å². The Morgan fingerprint density at radius 1 is 0.818 bits per heavy atom. The monoisotopic (exact) mass is 582 g/mol. The number of amides is 1. The molecular formula is C37H30N2O5. The first-order valence-corrected chi connectivity index (χ1v) is 14.3. The molecule has 7 nitrogen and oxygen atoms in total. The van der Waals surface area contributed by atoms with Gasteiger partial charge in [-0.15, -0.1) is 0 Å². The highest BCUT2D eigenvalue weighted by Gasteiger charge is 2.46. The molecule has 1 aliphatic heterocycles. The van der Waals surface area contributed by atoms with Gasteiger partial charge in [0.15, 0.2) is 0 Å². The highest BCUT2D eigenvalue weighted by molar-refractivity contribution is 6.46. The molecule has 0 unspecified atom stereocenters. The molecule has 1 N–H and O–H groups in total. The second-order valence-corrected chi connectivity index (χ2v) is 10.5. The number of hydrogen-bond acceptors (Lipinski definition) is 6. The number of ether oxygens (including phenoxy) is 2. The maximum absolute atomic E-state index is 13.6. The summed E-state index contributed by atoms with van der Waals surface area (Å²) in [6.45, 7) is 2.41. The fourth-order valence-electron chi connectivity index (χ4n) is 5.30. The number of aromatic nitrogens is 1. The average Bonchev–Trinajstić information content (AvgIpc) is 3.30. The average molecular weight is 583 g/mol. The molecule has 2 heterocycles. The normalized spacial score (nSPS) is 15.8. The lowest BCUT2D eigenvalue weighted by Gasteiger charge is -2.25. The third kappa shape index (κ3) is 6.08. The number of aliphatic hydroxyl groups is 1. The Hall–Kier alpha value is -5.69. The van der Waals surface area contributed by atoms with Crippen molar-refractivity contribution < 1.29 is 24.2 Å². The van der Waals surface area contributed by atoms with Crippen molar-refractivity contribution in [2.75, 3.05) is 0 Å². The van der Waals surface area contributed by atoms with Crippen LogP contribution in [0.2, 0.25) is 0 Å². The number of hydrogen-bond donors (Lipinski definition) is 1. The SMILES string of the molecule is Cc1cc(C(O)=C2C(=O)C(=O)N(Cc3cccnc3)[C@@H]2c2cccc(Oc3ccccc3)c2)ccc1OCc1ccccc1. The van der Waals surface area contributed by atoms with Crippen LogP contribution in [0.1, 0.15) is 33.9 Å². The van der Waals surface area contributed by atoms with E-state index >= 15 is 0 Å². The molecular weight excluding hydrogens is 552 g/mol. The van der Waals surface area contributed by atoms with E-state index in [-0.39, 0.29) is 17.9 Å². The Kier molecular flexibility index (Phi) is 8.19. The Morgan fingerprint density at radius 2 is 1.55 bits per heavy atom. The minimum Gasteiger partial charge on any atom is -0.507 e. The molecule has 0 aliphatic carbocycles. The summed E-state index contributed by atoms with van der Waals surface area (Å²) >= 11 is 0. The smallest absolute Gasteiger partial charge is 0.295 e.